The van der Waals surface area contributed by atoms with Crippen LogP contribution in [-0.4, -0.2) is 37.1 Å². The van der Waals surface area contributed by atoms with Crippen LogP contribution in [0.5, 0.6) is 0 Å². The zero-order chi connectivity index (χ0) is 19.1. The van der Waals surface area contributed by atoms with Crippen molar-refractivity contribution in [2.45, 2.75) is 25.6 Å². The standard InChI is InChI=1S/C20H19N3O4/c1-21-15-8-4-5-9-16(15)23(20(21)27)12-18(24)22-11-14-7-3-2-6-13(14)10-17(22)19(25)26/h2-9,17H,10-12H2,1H3,(H,25,26). The Bertz CT molecular complexity index is 1110. The molecule has 0 saturated carbocycles. The molecule has 1 aromatic heterocycles. The largest absolute Gasteiger partial charge is 0.480 e. The van der Waals surface area contributed by atoms with E-state index >= 15 is 0 Å². The molecule has 1 atom stereocenters. The number of carboxylic acid groups (broad SMARTS) is 1. The van der Waals surface area contributed by atoms with Gasteiger partial charge in [0, 0.05) is 20.0 Å². The molecule has 7 heteroatoms. The first-order valence-electron chi connectivity index (χ1n) is 8.70. The fraction of sp³-hybridized carbons (Fsp3) is 0.250. The maximum atomic E-state index is 13.0. The Morgan fingerprint density at radius 3 is 2.37 bits per heavy atom. The number of para-hydroxylation sites is 2. The molecule has 4 rings (SSSR count). The number of fused-ring (bicyclic) bond motifs is 2. The zero-order valence-electron chi connectivity index (χ0n) is 14.8. The van der Waals surface area contributed by atoms with Gasteiger partial charge in [0.25, 0.3) is 0 Å². The molecule has 0 radical (unpaired) electrons. The van der Waals surface area contributed by atoms with Gasteiger partial charge < -0.3 is 10.0 Å². The lowest BCUT2D eigenvalue weighted by Crippen LogP contribution is -2.50. The molecule has 7 nitrogen and oxygen atoms in total. The van der Waals surface area contributed by atoms with E-state index in [0.29, 0.717) is 5.52 Å². The number of benzene rings is 2. The number of hydrogen-bond donors (Lipinski definition) is 1. The predicted molar refractivity (Wildman–Crippen MR) is 99.3 cm³/mol. The Morgan fingerprint density at radius 1 is 1.04 bits per heavy atom. The number of aromatic nitrogens is 2. The second-order valence-corrected chi connectivity index (χ2v) is 6.76. The number of carbonyl (C=O) groups is 2. The van der Waals surface area contributed by atoms with Crippen LogP contribution >= 0.6 is 0 Å². The van der Waals surface area contributed by atoms with E-state index in [1.54, 1.807) is 19.2 Å². The van der Waals surface area contributed by atoms with Crippen molar-refractivity contribution in [2.24, 2.45) is 7.05 Å². The summed E-state index contributed by atoms with van der Waals surface area (Å²) in [7, 11) is 1.66. The summed E-state index contributed by atoms with van der Waals surface area (Å²) in [5, 5.41) is 9.61. The van der Waals surface area contributed by atoms with E-state index in [-0.39, 0.29) is 31.1 Å². The topological polar surface area (TPSA) is 84.5 Å². The van der Waals surface area contributed by atoms with Crippen LogP contribution in [0.3, 0.4) is 0 Å². The first-order chi connectivity index (χ1) is 13.0. The van der Waals surface area contributed by atoms with E-state index in [4.69, 9.17) is 0 Å². The van der Waals surface area contributed by atoms with Crippen LogP contribution < -0.4 is 5.69 Å². The summed E-state index contributed by atoms with van der Waals surface area (Å²) < 4.78 is 2.89. The number of aryl methyl sites for hydroxylation is 1. The van der Waals surface area contributed by atoms with Gasteiger partial charge in [-0.05, 0) is 23.3 Å². The summed E-state index contributed by atoms with van der Waals surface area (Å²) in [5.41, 5.74) is 2.97. The minimum absolute atomic E-state index is 0.188. The highest BCUT2D eigenvalue weighted by molar-refractivity contribution is 5.86. The molecule has 2 heterocycles. The SMILES string of the molecule is Cn1c(=O)n(CC(=O)N2Cc3ccccc3CC2C(=O)O)c2ccccc21. The molecule has 0 saturated heterocycles. The zero-order valence-corrected chi connectivity index (χ0v) is 14.8. The lowest BCUT2D eigenvalue weighted by Gasteiger charge is -2.34. The highest BCUT2D eigenvalue weighted by atomic mass is 16.4. The minimum atomic E-state index is -1.04. The Morgan fingerprint density at radius 2 is 1.67 bits per heavy atom. The molecule has 3 aromatic rings. The maximum absolute atomic E-state index is 13.0. The molecule has 1 aliphatic heterocycles. The van der Waals surface area contributed by atoms with E-state index in [9.17, 15) is 19.5 Å². The molecular formula is C20H19N3O4. The average Bonchev–Trinajstić information content (AvgIpc) is 2.92. The highest BCUT2D eigenvalue weighted by Gasteiger charge is 2.34. The fourth-order valence-corrected chi connectivity index (χ4v) is 3.75. The van der Waals surface area contributed by atoms with Crippen LogP contribution in [0.15, 0.2) is 53.3 Å². The Labute approximate surface area is 155 Å². The fourth-order valence-electron chi connectivity index (χ4n) is 3.75. The number of amides is 1. The van der Waals surface area contributed by atoms with Gasteiger partial charge >= 0.3 is 11.7 Å². The molecule has 0 bridgehead atoms. The van der Waals surface area contributed by atoms with E-state index in [1.807, 2.05) is 36.4 Å². The Kier molecular flexibility index (Phi) is 4.07. The highest BCUT2D eigenvalue weighted by Crippen LogP contribution is 2.24. The number of hydrogen-bond acceptors (Lipinski definition) is 3. The summed E-state index contributed by atoms with van der Waals surface area (Å²) in [5.74, 6) is -1.42. The second kappa shape index (κ2) is 6.42. The van der Waals surface area contributed by atoms with Crippen LogP contribution in [0.25, 0.3) is 11.0 Å². The quantitative estimate of drug-likeness (QED) is 0.760. The monoisotopic (exact) mass is 365 g/mol. The van der Waals surface area contributed by atoms with Crippen molar-refractivity contribution in [3.63, 3.8) is 0 Å². The third-order valence-electron chi connectivity index (χ3n) is 5.20. The van der Waals surface area contributed by atoms with Gasteiger partial charge in [-0.1, -0.05) is 36.4 Å². The van der Waals surface area contributed by atoms with E-state index in [1.165, 1.54) is 14.0 Å². The first-order valence-corrected chi connectivity index (χ1v) is 8.70. The van der Waals surface area contributed by atoms with Gasteiger partial charge in [-0.2, -0.15) is 0 Å². The van der Waals surface area contributed by atoms with Crippen LogP contribution in [0, 0.1) is 0 Å². The third-order valence-corrected chi connectivity index (χ3v) is 5.20. The molecule has 1 amide bonds. The van der Waals surface area contributed by atoms with E-state index < -0.39 is 12.0 Å². The van der Waals surface area contributed by atoms with Crippen molar-refractivity contribution >= 4 is 22.9 Å². The number of rotatable bonds is 3. The number of aliphatic carboxylic acids is 1. The Hall–Kier alpha value is -3.35. The average molecular weight is 365 g/mol. The summed E-state index contributed by atoms with van der Waals surface area (Å²) in [4.78, 5) is 38.7. The summed E-state index contributed by atoms with van der Waals surface area (Å²) >= 11 is 0. The minimum Gasteiger partial charge on any atom is -0.480 e. The van der Waals surface area contributed by atoms with Crippen molar-refractivity contribution in [3.8, 4) is 0 Å². The number of carboxylic acids is 1. The Balaban J connectivity index is 1.70. The lowest BCUT2D eigenvalue weighted by atomic mass is 9.94. The summed E-state index contributed by atoms with van der Waals surface area (Å²) in [6.07, 6.45) is 0.266. The molecule has 2 aromatic carbocycles. The number of nitrogens with zero attached hydrogens (tertiary/aromatic N) is 3. The smallest absolute Gasteiger partial charge is 0.329 e. The molecule has 0 fully saturated rings. The van der Waals surface area contributed by atoms with E-state index in [0.717, 1.165) is 16.6 Å². The van der Waals surface area contributed by atoms with Crippen molar-refractivity contribution in [1.29, 1.82) is 0 Å². The van der Waals surface area contributed by atoms with Crippen LogP contribution in [0.2, 0.25) is 0 Å². The van der Waals surface area contributed by atoms with Crippen molar-refractivity contribution in [1.82, 2.24) is 14.0 Å². The molecule has 0 spiro atoms. The van der Waals surface area contributed by atoms with Gasteiger partial charge in [-0.15, -0.1) is 0 Å². The first kappa shape index (κ1) is 17.1. The van der Waals surface area contributed by atoms with Gasteiger partial charge in [0.1, 0.15) is 12.6 Å². The molecule has 0 aliphatic carbocycles. The number of carbonyl (C=O) groups excluding carboxylic acids is 1. The molecule has 1 N–H and O–H groups in total. The molecule has 27 heavy (non-hydrogen) atoms. The van der Waals surface area contributed by atoms with Crippen LogP contribution in [0.4, 0.5) is 0 Å². The molecule has 138 valence electrons. The third kappa shape index (κ3) is 2.81. The van der Waals surface area contributed by atoms with Gasteiger partial charge in [0.15, 0.2) is 0 Å². The summed E-state index contributed by atoms with van der Waals surface area (Å²) in [6.45, 7) is 0.0393. The van der Waals surface area contributed by atoms with E-state index in [2.05, 4.69) is 0 Å². The second-order valence-electron chi connectivity index (χ2n) is 6.76. The van der Waals surface area contributed by atoms with Crippen molar-refractivity contribution in [2.75, 3.05) is 0 Å². The molecular weight excluding hydrogens is 346 g/mol. The summed E-state index contributed by atoms with van der Waals surface area (Å²) in [6, 6.07) is 13.8. The molecule has 1 aliphatic rings. The van der Waals surface area contributed by atoms with Gasteiger partial charge in [0.05, 0.1) is 11.0 Å². The lowest BCUT2D eigenvalue weighted by molar-refractivity contribution is -0.151. The number of imidazole rings is 1. The molecule has 1 unspecified atom stereocenters. The normalized spacial score (nSPS) is 16.3. The van der Waals surface area contributed by atoms with Gasteiger partial charge in [-0.3, -0.25) is 13.9 Å². The van der Waals surface area contributed by atoms with Crippen LogP contribution in [-0.2, 0) is 36.1 Å². The van der Waals surface area contributed by atoms with Gasteiger partial charge in [0.2, 0.25) is 5.91 Å². The predicted octanol–water partition coefficient (Wildman–Crippen LogP) is 1.38. The maximum Gasteiger partial charge on any atom is 0.329 e. The van der Waals surface area contributed by atoms with Crippen LogP contribution in [0.1, 0.15) is 11.1 Å². The van der Waals surface area contributed by atoms with Crippen molar-refractivity contribution in [3.05, 3.63) is 70.1 Å². The van der Waals surface area contributed by atoms with Gasteiger partial charge in [-0.25, -0.2) is 9.59 Å². The van der Waals surface area contributed by atoms with Crippen molar-refractivity contribution < 1.29 is 14.7 Å².